The highest BCUT2D eigenvalue weighted by molar-refractivity contribution is 5.75. The van der Waals surface area contributed by atoms with Gasteiger partial charge in [-0.2, -0.15) is 0 Å². The van der Waals surface area contributed by atoms with E-state index in [1.807, 2.05) is 12.1 Å². The summed E-state index contributed by atoms with van der Waals surface area (Å²) in [6.07, 6.45) is 4.94. The van der Waals surface area contributed by atoms with Gasteiger partial charge in [-0.05, 0) is 17.7 Å². The summed E-state index contributed by atoms with van der Waals surface area (Å²) in [7, 11) is 0. The van der Waals surface area contributed by atoms with Crippen molar-refractivity contribution in [2.45, 2.75) is 0 Å². The summed E-state index contributed by atoms with van der Waals surface area (Å²) in [5, 5.41) is 0. The van der Waals surface area contributed by atoms with E-state index in [0.717, 1.165) is 11.1 Å². The molecule has 1 heterocycles. The van der Waals surface area contributed by atoms with Gasteiger partial charge in [-0.1, -0.05) is 12.1 Å². The second-order valence-corrected chi connectivity index (χ2v) is 3.41. The molecule has 1 amide bonds. The highest BCUT2D eigenvalue weighted by Gasteiger charge is 2.00. The molecule has 1 aromatic heterocycles. The quantitative estimate of drug-likeness (QED) is 0.848. The zero-order valence-corrected chi connectivity index (χ0v) is 9.04. The lowest BCUT2D eigenvalue weighted by Gasteiger charge is -2.04. The Bertz CT molecular complexity index is 497. The molecule has 0 unspecified atom stereocenters. The average Bonchev–Trinajstić information content (AvgIpc) is 2.38. The fourth-order valence-electron chi connectivity index (χ4n) is 1.35. The van der Waals surface area contributed by atoms with Gasteiger partial charge in [0, 0.05) is 18.0 Å². The Balaban J connectivity index is 2.11. The largest absolute Gasteiger partial charge is 0.484 e. The molecule has 0 aliphatic rings. The summed E-state index contributed by atoms with van der Waals surface area (Å²) >= 11 is 0. The SMILES string of the molecule is NC(=O)COc1ccc(-c2cncnc2)cc1. The molecule has 0 saturated heterocycles. The molecular weight excluding hydrogens is 218 g/mol. The number of aromatic nitrogens is 2. The summed E-state index contributed by atoms with van der Waals surface area (Å²) in [4.78, 5) is 18.4. The van der Waals surface area contributed by atoms with Crippen molar-refractivity contribution in [2.75, 3.05) is 6.61 Å². The molecule has 0 radical (unpaired) electrons. The number of carbonyl (C=O) groups is 1. The van der Waals surface area contributed by atoms with E-state index in [0.29, 0.717) is 5.75 Å². The number of nitrogens with two attached hydrogens (primary N) is 1. The van der Waals surface area contributed by atoms with Crippen LogP contribution in [0.25, 0.3) is 11.1 Å². The van der Waals surface area contributed by atoms with E-state index < -0.39 is 5.91 Å². The van der Waals surface area contributed by atoms with Gasteiger partial charge in [0.2, 0.25) is 0 Å². The van der Waals surface area contributed by atoms with Crippen LogP contribution in [0.4, 0.5) is 0 Å². The molecule has 2 aromatic rings. The normalized spacial score (nSPS) is 9.88. The number of benzene rings is 1. The number of hydrogen-bond donors (Lipinski definition) is 1. The summed E-state index contributed by atoms with van der Waals surface area (Å²) in [6, 6.07) is 7.28. The second kappa shape index (κ2) is 5.07. The standard InChI is InChI=1S/C12H11N3O2/c13-12(16)7-17-11-3-1-9(2-4-11)10-5-14-8-15-6-10/h1-6,8H,7H2,(H2,13,16). The lowest BCUT2D eigenvalue weighted by molar-refractivity contribution is -0.119. The maximum absolute atomic E-state index is 10.5. The van der Waals surface area contributed by atoms with Crippen LogP contribution >= 0.6 is 0 Å². The number of ether oxygens (including phenoxy) is 1. The fraction of sp³-hybridized carbons (Fsp3) is 0.0833. The van der Waals surface area contributed by atoms with E-state index in [1.54, 1.807) is 24.5 Å². The smallest absolute Gasteiger partial charge is 0.255 e. The zero-order chi connectivity index (χ0) is 12.1. The van der Waals surface area contributed by atoms with Crippen molar-refractivity contribution in [1.82, 2.24) is 9.97 Å². The zero-order valence-electron chi connectivity index (χ0n) is 9.04. The molecule has 0 bridgehead atoms. The Morgan fingerprint density at radius 1 is 1.12 bits per heavy atom. The first kappa shape index (κ1) is 11.1. The van der Waals surface area contributed by atoms with Crippen LogP contribution in [-0.2, 0) is 4.79 Å². The highest BCUT2D eigenvalue weighted by atomic mass is 16.5. The Kier molecular flexibility index (Phi) is 3.30. The van der Waals surface area contributed by atoms with Crippen molar-refractivity contribution in [3.8, 4) is 16.9 Å². The first-order valence-electron chi connectivity index (χ1n) is 5.02. The van der Waals surface area contributed by atoms with Crippen molar-refractivity contribution in [1.29, 1.82) is 0 Å². The van der Waals surface area contributed by atoms with E-state index in [2.05, 4.69) is 9.97 Å². The van der Waals surface area contributed by atoms with Gasteiger partial charge in [0.1, 0.15) is 12.1 Å². The lowest BCUT2D eigenvalue weighted by Crippen LogP contribution is -2.19. The molecule has 2 N–H and O–H groups in total. The van der Waals surface area contributed by atoms with Crippen LogP contribution in [0.15, 0.2) is 43.0 Å². The van der Waals surface area contributed by atoms with Gasteiger partial charge in [0.25, 0.3) is 5.91 Å². The predicted molar refractivity (Wildman–Crippen MR) is 62.2 cm³/mol. The van der Waals surface area contributed by atoms with E-state index in [-0.39, 0.29) is 6.61 Å². The van der Waals surface area contributed by atoms with E-state index in [9.17, 15) is 4.79 Å². The van der Waals surface area contributed by atoms with E-state index in [1.165, 1.54) is 6.33 Å². The molecule has 0 atom stereocenters. The molecule has 0 spiro atoms. The van der Waals surface area contributed by atoms with E-state index in [4.69, 9.17) is 10.5 Å². The Hall–Kier alpha value is -2.43. The molecule has 0 fully saturated rings. The highest BCUT2D eigenvalue weighted by Crippen LogP contribution is 2.20. The average molecular weight is 229 g/mol. The maximum Gasteiger partial charge on any atom is 0.255 e. The third kappa shape index (κ3) is 3.01. The summed E-state index contributed by atoms with van der Waals surface area (Å²) < 4.78 is 5.15. The first-order valence-corrected chi connectivity index (χ1v) is 5.02. The topological polar surface area (TPSA) is 78.1 Å². The minimum atomic E-state index is -0.495. The lowest BCUT2D eigenvalue weighted by atomic mass is 10.1. The van der Waals surface area contributed by atoms with Crippen molar-refractivity contribution in [2.24, 2.45) is 5.73 Å². The first-order chi connectivity index (χ1) is 8.25. The summed E-state index contributed by atoms with van der Waals surface area (Å²) in [5.41, 5.74) is 6.89. The number of rotatable bonds is 4. The Morgan fingerprint density at radius 3 is 2.35 bits per heavy atom. The van der Waals surface area contributed by atoms with Crippen LogP contribution in [0, 0.1) is 0 Å². The molecule has 0 aliphatic carbocycles. The molecule has 5 heteroatoms. The van der Waals surface area contributed by atoms with Crippen LogP contribution in [0.3, 0.4) is 0 Å². The number of hydrogen-bond acceptors (Lipinski definition) is 4. The van der Waals surface area contributed by atoms with Crippen LogP contribution in [0.2, 0.25) is 0 Å². The van der Waals surface area contributed by atoms with Crippen LogP contribution in [0.5, 0.6) is 5.75 Å². The predicted octanol–water partition coefficient (Wildman–Crippen LogP) is 1.01. The molecule has 0 saturated carbocycles. The second-order valence-electron chi connectivity index (χ2n) is 3.41. The number of nitrogens with zero attached hydrogens (tertiary/aromatic N) is 2. The van der Waals surface area contributed by atoms with E-state index >= 15 is 0 Å². The van der Waals surface area contributed by atoms with Crippen LogP contribution in [-0.4, -0.2) is 22.5 Å². The van der Waals surface area contributed by atoms with Gasteiger partial charge >= 0.3 is 0 Å². The Labute approximate surface area is 98.3 Å². The molecule has 5 nitrogen and oxygen atoms in total. The Morgan fingerprint density at radius 2 is 1.76 bits per heavy atom. The van der Waals surface area contributed by atoms with Gasteiger partial charge < -0.3 is 10.5 Å². The molecule has 2 rings (SSSR count). The van der Waals surface area contributed by atoms with Gasteiger partial charge in [-0.25, -0.2) is 9.97 Å². The minimum absolute atomic E-state index is 0.117. The van der Waals surface area contributed by atoms with Crippen molar-refractivity contribution in [3.05, 3.63) is 43.0 Å². The van der Waals surface area contributed by atoms with Crippen LogP contribution in [0.1, 0.15) is 0 Å². The van der Waals surface area contributed by atoms with Gasteiger partial charge in [-0.3, -0.25) is 4.79 Å². The third-order valence-corrected chi connectivity index (χ3v) is 2.13. The van der Waals surface area contributed by atoms with Crippen molar-refractivity contribution < 1.29 is 9.53 Å². The molecule has 17 heavy (non-hydrogen) atoms. The number of primary amides is 1. The fourth-order valence-corrected chi connectivity index (χ4v) is 1.35. The third-order valence-electron chi connectivity index (χ3n) is 2.13. The van der Waals surface area contributed by atoms with Crippen molar-refractivity contribution in [3.63, 3.8) is 0 Å². The molecule has 0 aliphatic heterocycles. The number of carbonyl (C=O) groups excluding carboxylic acids is 1. The van der Waals surface area contributed by atoms with Gasteiger partial charge in [-0.15, -0.1) is 0 Å². The molecule has 86 valence electrons. The van der Waals surface area contributed by atoms with Gasteiger partial charge in [0.05, 0.1) is 0 Å². The van der Waals surface area contributed by atoms with Crippen LogP contribution < -0.4 is 10.5 Å². The summed E-state index contributed by atoms with van der Waals surface area (Å²) in [6.45, 7) is -0.117. The maximum atomic E-state index is 10.5. The molecule has 1 aromatic carbocycles. The monoisotopic (exact) mass is 229 g/mol. The number of amides is 1. The molecular formula is C12H11N3O2. The van der Waals surface area contributed by atoms with Gasteiger partial charge in [0.15, 0.2) is 6.61 Å². The summed E-state index contributed by atoms with van der Waals surface area (Å²) in [5.74, 6) is 0.106. The minimum Gasteiger partial charge on any atom is -0.484 e. The van der Waals surface area contributed by atoms with Crippen molar-refractivity contribution >= 4 is 5.91 Å².